The highest BCUT2D eigenvalue weighted by molar-refractivity contribution is 8.14. The Bertz CT molecular complexity index is 283. The minimum atomic E-state index is 0.388. The molecule has 1 saturated heterocycles. The fourth-order valence-corrected chi connectivity index (χ4v) is 3.91. The van der Waals surface area contributed by atoms with E-state index in [1.807, 2.05) is 23.5 Å². The van der Waals surface area contributed by atoms with E-state index < -0.39 is 0 Å². The quantitative estimate of drug-likeness (QED) is 0.852. The lowest BCUT2D eigenvalue weighted by molar-refractivity contribution is 0.251. The van der Waals surface area contributed by atoms with Gasteiger partial charge < -0.3 is 5.32 Å². The molecule has 0 amide bonds. The Hall–Kier alpha value is 0.170. The number of nitrogens with zero attached hydrogens (tertiary/aromatic N) is 1. The zero-order valence-electron chi connectivity index (χ0n) is 11.2. The third-order valence-electron chi connectivity index (χ3n) is 3.98. The van der Waals surface area contributed by atoms with Crippen LogP contribution in [0.2, 0.25) is 0 Å². The molecule has 1 aliphatic heterocycles. The Labute approximate surface area is 114 Å². The number of hydrogen-bond acceptors (Lipinski definition) is 3. The van der Waals surface area contributed by atoms with Gasteiger partial charge in [-0.25, -0.2) is 0 Å². The monoisotopic (exact) mass is 272 g/mol. The third kappa shape index (κ3) is 3.57. The Balaban J connectivity index is 1.86. The molecule has 1 spiro atoms. The van der Waals surface area contributed by atoms with Gasteiger partial charge in [-0.05, 0) is 37.9 Å². The molecular weight excluding hydrogens is 248 g/mol. The lowest BCUT2D eigenvalue weighted by Gasteiger charge is -2.35. The van der Waals surface area contributed by atoms with Crippen molar-refractivity contribution in [1.29, 1.82) is 0 Å². The lowest BCUT2D eigenvalue weighted by Crippen LogP contribution is -2.46. The fourth-order valence-electron chi connectivity index (χ4n) is 2.46. The number of thioether (sulfide) groups is 2. The predicted octanol–water partition coefficient (Wildman–Crippen LogP) is 3.38. The second-order valence-corrected chi connectivity index (χ2v) is 7.81. The lowest BCUT2D eigenvalue weighted by atomic mass is 9.78. The summed E-state index contributed by atoms with van der Waals surface area (Å²) < 4.78 is 0. The van der Waals surface area contributed by atoms with E-state index in [0.29, 0.717) is 10.8 Å². The van der Waals surface area contributed by atoms with E-state index in [0.717, 1.165) is 12.5 Å². The Kier molecular flexibility index (Phi) is 4.70. The molecule has 1 unspecified atom stereocenters. The summed E-state index contributed by atoms with van der Waals surface area (Å²) >= 11 is 3.82. The van der Waals surface area contributed by atoms with Crippen LogP contribution in [0, 0.1) is 5.92 Å². The van der Waals surface area contributed by atoms with Gasteiger partial charge >= 0.3 is 0 Å². The van der Waals surface area contributed by atoms with Crippen LogP contribution in [0.25, 0.3) is 0 Å². The average Bonchev–Trinajstić information content (AvgIpc) is 2.74. The van der Waals surface area contributed by atoms with E-state index in [9.17, 15) is 0 Å². The summed E-state index contributed by atoms with van der Waals surface area (Å²) in [5.74, 6) is 2.15. The Morgan fingerprint density at radius 2 is 2.24 bits per heavy atom. The molecule has 0 aromatic rings. The van der Waals surface area contributed by atoms with Crippen LogP contribution in [-0.2, 0) is 0 Å². The molecule has 1 saturated carbocycles. The maximum atomic E-state index is 4.71. The summed E-state index contributed by atoms with van der Waals surface area (Å²) in [6.45, 7) is 5.57. The van der Waals surface area contributed by atoms with E-state index in [1.165, 1.54) is 36.6 Å². The van der Waals surface area contributed by atoms with Gasteiger partial charge in [0.1, 0.15) is 0 Å². The minimum absolute atomic E-state index is 0.388. The second kappa shape index (κ2) is 5.87. The molecule has 2 nitrogen and oxygen atoms in total. The molecule has 1 heterocycles. The molecule has 98 valence electrons. The Morgan fingerprint density at radius 1 is 1.53 bits per heavy atom. The van der Waals surface area contributed by atoms with Crippen molar-refractivity contribution in [2.24, 2.45) is 10.9 Å². The normalized spacial score (nSPS) is 37.4. The van der Waals surface area contributed by atoms with Gasteiger partial charge in [0.05, 0.1) is 6.54 Å². The molecular formula is C13H24N2S2. The van der Waals surface area contributed by atoms with Crippen LogP contribution in [-0.4, -0.2) is 34.5 Å². The maximum Gasteiger partial charge on any atom is 0.157 e. The zero-order valence-corrected chi connectivity index (χ0v) is 12.8. The molecule has 1 atom stereocenters. The van der Waals surface area contributed by atoms with E-state index in [4.69, 9.17) is 4.99 Å². The van der Waals surface area contributed by atoms with Crippen molar-refractivity contribution < 1.29 is 0 Å². The molecule has 0 bridgehead atoms. The zero-order chi connectivity index (χ0) is 12.3. The van der Waals surface area contributed by atoms with Crippen molar-refractivity contribution in [3.63, 3.8) is 0 Å². The number of rotatable bonds is 3. The van der Waals surface area contributed by atoms with Crippen LogP contribution in [0.15, 0.2) is 4.99 Å². The van der Waals surface area contributed by atoms with Gasteiger partial charge in [-0.2, -0.15) is 11.8 Å². The van der Waals surface area contributed by atoms with Gasteiger partial charge in [0.2, 0.25) is 0 Å². The summed E-state index contributed by atoms with van der Waals surface area (Å²) in [7, 11) is 0. The minimum Gasteiger partial charge on any atom is -0.359 e. The van der Waals surface area contributed by atoms with Crippen LogP contribution in [0.3, 0.4) is 0 Å². The van der Waals surface area contributed by atoms with E-state index >= 15 is 0 Å². The summed E-state index contributed by atoms with van der Waals surface area (Å²) in [6.07, 6.45) is 7.57. The third-order valence-corrected chi connectivity index (χ3v) is 6.14. The SMILES string of the molecule is CSC(C)CN=C1NC2(CCC(C)CC2)CS1. The first-order valence-electron chi connectivity index (χ1n) is 6.62. The molecule has 17 heavy (non-hydrogen) atoms. The van der Waals surface area contributed by atoms with Crippen molar-refractivity contribution in [3.8, 4) is 0 Å². The second-order valence-electron chi connectivity index (χ2n) is 5.57. The molecule has 2 rings (SSSR count). The van der Waals surface area contributed by atoms with E-state index in [2.05, 4.69) is 25.4 Å². The molecule has 1 aliphatic carbocycles. The first kappa shape index (κ1) is 13.6. The standard InChI is InChI=1S/C13H24N2S2/c1-10-4-6-13(7-5-10)9-17-12(15-13)14-8-11(2)16-3/h10-11H,4-9H2,1-3H3,(H,14,15). The van der Waals surface area contributed by atoms with Crippen molar-refractivity contribution in [1.82, 2.24) is 5.32 Å². The number of amidine groups is 1. The first-order chi connectivity index (χ1) is 8.13. The van der Waals surface area contributed by atoms with Gasteiger partial charge in [0, 0.05) is 16.5 Å². The number of aliphatic imine (C=N–C) groups is 1. The van der Waals surface area contributed by atoms with Crippen molar-refractivity contribution >= 4 is 28.7 Å². The molecule has 1 N–H and O–H groups in total. The van der Waals surface area contributed by atoms with Crippen molar-refractivity contribution in [3.05, 3.63) is 0 Å². The molecule has 2 fully saturated rings. The van der Waals surface area contributed by atoms with Crippen LogP contribution in [0.4, 0.5) is 0 Å². The molecule has 0 aromatic heterocycles. The molecule has 0 aromatic carbocycles. The topological polar surface area (TPSA) is 24.4 Å². The number of hydrogen-bond donors (Lipinski definition) is 1. The molecule has 4 heteroatoms. The summed E-state index contributed by atoms with van der Waals surface area (Å²) in [5.41, 5.74) is 0.388. The highest BCUT2D eigenvalue weighted by Crippen LogP contribution is 2.38. The van der Waals surface area contributed by atoms with Crippen molar-refractivity contribution in [2.45, 2.75) is 50.3 Å². The van der Waals surface area contributed by atoms with Gasteiger partial charge in [0.15, 0.2) is 5.17 Å². The highest BCUT2D eigenvalue weighted by atomic mass is 32.2. The van der Waals surface area contributed by atoms with Gasteiger partial charge in [-0.15, -0.1) is 0 Å². The largest absolute Gasteiger partial charge is 0.359 e. The predicted molar refractivity (Wildman–Crippen MR) is 81.2 cm³/mol. The summed E-state index contributed by atoms with van der Waals surface area (Å²) in [6, 6.07) is 0. The van der Waals surface area contributed by atoms with Gasteiger partial charge in [0.25, 0.3) is 0 Å². The smallest absolute Gasteiger partial charge is 0.157 e. The van der Waals surface area contributed by atoms with Crippen molar-refractivity contribution in [2.75, 3.05) is 18.6 Å². The van der Waals surface area contributed by atoms with E-state index in [1.54, 1.807) is 0 Å². The molecule has 2 aliphatic rings. The van der Waals surface area contributed by atoms with Crippen LogP contribution >= 0.6 is 23.5 Å². The van der Waals surface area contributed by atoms with Gasteiger partial charge in [-0.3, -0.25) is 4.99 Å². The van der Waals surface area contributed by atoms with Gasteiger partial charge in [-0.1, -0.05) is 25.6 Å². The van der Waals surface area contributed by atoms with Crippen LogP contribution < -0.4 is 5.32 Å². The van der Waals surface area contributed by atoms with E-state index in [-0.39, 0.29) is 0 Å². The summed E-state index contributed by atoms with van der Waals surface area (Å²) in [5, 5.41) is 5.54. The van der Waals surface area contributed by atoms with Crippen LogP contribution in [0.5, 0.6) is 0 Å². The maximum absolute atomic E-state index is 4.71. The fraction of sp³-hybridized carbons (Fsp3) is 0.923. The van der Waals surface area contributed by atoms with Crippen LogP contribution in [0.1, 0.15) is 39.5 Å². The number of nitrogens with one attached hydrogen (secondary N) is 1. The highest BCUT2D eigenvalue weighted by Gasteiger charge is 2.39. The first-order valence-corrected chi connectivity index (χ1v) is 8.89. The Morgan fingerprint density at radius 3 is 2.88 bits per heavy atom. The molecule has 0 radical (unpaired) electrons. The summed E-state index contributed by atoms with van der Waals surface area (Å²) in [4.78, 5) is 4.71. The average molecular weight is 272 g/mol.